The van der Waals surface area contributed by atoms with Gasteiger partial charge in [0, 0.05) is 18.0 Å². The van der Waals surface area contributed by atoms with E-state index in [9.17, 15) is 8.42 Å². The van der Waals surface area contributed by atoms with Crippen LogP contribution in [0.25, 0.3) is 11.4 Å². The summed E-state index contributed by atoms with van der Waals surface area (Å²) in [4.78, 5) is 8.67. The molecule has 128 valence electrons. The van der Waals surface area contributed by atoms with Gasteiger partial charge in [-0.3, -0.25) is 0 Å². The van der Waals surface area contributed by atoms with Crippen LogP contribution in [0.1, 0.15) is 32.6 Å². The van der Waals surface area contributed by atoms with Crippen LogP contribution in [0.15, 0.2) is 41.6 Å². The van der Waals surface area contributed by atoms with Gasteiger partial charge in [-0.05, 0) is 48.9 Å². The summed E-state index contributed by atoms with van der Waals surface area (Å²) >= 11 is 5.78. The molecule has 1 heterocycles. The Kier molecular flexibility index (Phi) is 5.21. The average Bonchev–Trinajstić information content (AvgIpc) is 2.58. The second kappa shape index (κ2) is 7.19. The summed E-state index contributed by atoms with van der Waals surface area (Å²) in [5.41, 5.74) is 0.775. The highest BCUT2D eigenvalue weighted by Crippen LogP contribution is 2.30. The molecular formula is C18H21ClN2O2S. The third-order valence-electron chi connectivity index (χ3n) is 4.68. The van der Waals surface area contributed by atoms with Gasteiger partial charge in [0.15, 0.2) is 15.7 Å². The van der Waals surface area contributed by atoms with Crippen molar-refractivity contribution in [1.29, 1.82) is 0 Å². The molecule has 0 atom stereocenters. The maximum Gasteiger partial charge on any atom is 0.178 e. The van der Waals surface area contributed by atoms with E-state index in [1.807, 2.05) is 0 Å². The van der Waals surface area contributed by atoms with Crippen molar-refractivity contribution in [3.05, 3.63) is 41.7 Å². The SMILES string of the molecule is CC1CCC(CS(=O)(=O)c2ccc(-c3ncc(Cl)cn3)cc2)CC1. The third-order valence-corrected chi connectivity index (χ3v) is 6.78. The lowest BCUT2D eigenvalue weighted by Crippen LogP contribution is -2.21. The summed E-state index contributed by atoms with van der Waals surface area (Å²) in [5.74, 6) is 1.79. The van der Waals surface area contributed by atoms with Gasteiger partial charge in [0.1, 0.15) is 0 Å². The van der Waals surface area contributed by atoms with E-state index in [0.29, 0.717) is 15.7 Å². The predicted octanol–water partition coefficient (Wildman–Crippen LogP) is 4.40. The summed E-state index contributed by atoms with van der Waals surface area (Å²) in [6.45, 7) is 2.24. The number of sulfone groups is 1. The standard InChI is InChI=1S/C18H21ClN2O2S/c1-13-2-4-14(5-3-13)12-24(22,23)17-8-6-15(7-9-17)18-20-10-16(19)11-21-18/h6-11,13-14H,2-5,12H2,1H3. The van der Waals surface area contributed by atoms with Crippen LogP contribution >= 0.6 is 11.6 Å². The van der Waals surface area contributed by atoms with Crippen LogP contribution < -0.4 is 0 Å². The molecule has 0 radical (unpaired) electrons. The Balaban J connectivity index is 1.73. The molecule has 4 nitrogen and oxygen atoms in total. The quantitative estimate of drug-likeness (QED) is 0.806. The molecule has 1 aromatic heterocycles. The van der Waals surface area contributed by atoms with Crippen molar-refractivity contribution in [3.8, 4) is 11.4 Å². The Labute approximate surface area is 148 Å². The molecular weight excluding hydrogens is 344 g/mol. The molecule has 1 fully saturated rings. The summed E-state index contributed by atoms with van der Waals surface area (Å²) in [6.07, 6.45) is 7.34. The smallest absolute Gasteiger partial charge is 0.178 e. The largest absolute Gasteiger partial charge is 0.235 e. The van der Waals surface area contributed by atoms with Crippen LogP contribution in [0.3, 0.4) is 0 Å². The summed E-state index contributed by atoms with van der Waals surface area (Å²) in [5, 5.41) is 0.472. The van der Waals surface area contributed by atoms with Gasteiger partial charge in [-0.1, -0.05) is 31.4 Å². The highest BCUT2D eigenvalue weighted by Gasteiger charge is 2.25. The average molecular weight is 365 g/mol. The van der Waals surface area contributed by atoms with Crippen LogP contribution in [-0.2, 0) is 9.84 Å². The lowest BCUT2D eigenvalue weighted by Gasteiger charge is -2.25. The van der Waals surface area contributed by atoms with Crippen molar-refractivity contribution in [2.24, 2.45) is 11.8 Å². The molecule has 1 aromatic carbocycles. The van der Waals surface area contributed by atoms with Crippen molar-refractivity contribution in [2.45, 2.75) is 37.5 Å². The van der Waals surface area contributed by atoms with Crippen molar-refractivity contribution in [2.75, 3.05) is 5.75 Å². The number of halogens is 1. The van der Waals surface area contributed by atoms with E-state index in [2.05, 4.69) is 16.9 Å². The first kappa shape index (κ1) is 17.4. The van der Waals surface area contributed by atoms with Crippen LogP contribution in [0.5, 0.6) is 0 Å². The van der Waals surface area contributed by atoms with Gasteiger partial charge in [0.05, 0.1) is 15.7 Å². The number of hydrogen-bond acceptors (Lipinski definition) is 4. The highest BCUT2D eigenvalue weighted by molar-refractivity contribution is 7.91. The zero-order valence-electron chi connectivity index (χ0n) is 13.7. The first-order chi connectivity index (χ1) is 11.4. The Morgan fingerprint density at radius 2 is 1.62 bits per heavy atom. The molecule has 2 aromatic rings. The zero-order chi connectivity index (χ0) is 17.2. The fourth-order valence-corrected chi connectivity index (χ4v) is 4.97. The fraction of sp³-hybridized carbons (Fsp3) is 0.444. The molecule has 0 spiro atoms. The zero-order valence-corrected chi connectivity index (χ0v) is 15.2. The number of benzene rings is 1. The van der Waals surface area contributed by atoms with Gasteiger partial charge in [0.25, 0.3) is 0 Å². The summed E-state index contributed by atoms with van der Waals surface area (Å²) in [6, 6.07) is 6.79. The lowest BCUT2D eigenvalue weighted by atomic mass is 9.84. The second-order valence-corrected chi connectivity index (χ2v) is 9.13. The second-order valence-electron chi connectivity index (χ2n) is 6.66. The summed E-state index contributed by atoms with van der Waals surface area (Å²) in [7, 11) is -3.24. The van der Waals surface area contributed by atoms with Crippen LogP contribution in [0, 0.1) is 11.8 Å². The first-order valence-electron chi connectivity index (χ1n) is 8.25. The van der Waals surface area contributed by atoms with Crippen LogP contribution in [0.4, 0.5) is 0 Å². The number of aromatic nitrogens is 2. The lowest BCUT2D eigenvalue weighted by molar-refractivity contribution is 0.308. The Morgan fingerprint density at radius 3 is 2.21 bits per heavy atom. The summed E-state index contributed by atoms with van der Waals surface area (Å²) < 4.78 is 25.3. The Hall–Kier alpha value is -1.46. The van der Waals surface area contributed by atoms with E-state index < -0.39 is 9.84 Å². The van der Waals surface area contributed by atoms with E-state index in [1.165, 1.54) is 12.4 Å². The molecule has 0 saturated heterocycles. The third kappa shape index (κ3) is 4.14. The molecule has 1 aliphatic rings. The highest BCUT2D eigenvalue weighted by atomic mass is 35.5. The maximum absolute atomic E-state index is 12.6. The van der Waals surface area contributed by atoms with E-state index in [4.69, 9.17) is 11.6 Å². The fourth-order valence-electron chi connectivity index (χ4n) is 3.18. The van der Waals surface area contributed by atoms with E-state index in [0.717, 1.165) is 37.2 Å². The van der Waals surface area contributed by atoms with Crippen molar-refractivity contribution in [3.63, 3.8) is 0 Å². The topological polar surface area (TPSA) is 59.9 Å². The minimum Gasteiger partial charge on any atom is -0.235 e. The van der Waals surface area contributed by atoms with Gasteiger partial charge in [0.2, 0.25) is 0 Å². The Bertz CT molecular complexity index is 781. The van der Waals surface area contributed by atoms with E-state index >= 15 is 0 Å². The molecule has 6 heteroatoms. The molecule has 0 N–H and O–H groups in total. The van der Waals surface area contributed by atoms with E-state index in [1.54, 1.807) is 24.3 Å². The minimum absolute atomic E-state index is 0.247. The van der Waals surface area contributed by atoms with Gasteiger partial charge in [-0.25, -0.2) is 18.4 Å². The molecule has 3 rings (SSSR count). The monoisotopic (exact) mass is 364 g/mol. The van der Waals surface area contributed by atoms with Gasteiger partial charge >= 0.3 is 0 Å². The van der Waals surface area contributed by atoms with Crippen LogP contribution in [-0.4, -0.2) is 24.1 Å². The van der Waals surface area contributed by atoms with Gasteiger partial charge < -0.3 is 0 Å². The number of hydrogen-bond donors (Lipinski definition) is 0. The predicted molar refractivity (Wildman–Crippen MR) is 95.7 cm³/mol. The van der Waals surface area contributed by atoms with Crippen molar-refractivity contribution in [1.82, 2.24) is 9.97 Å². The first-order valence-corrected chi connectivity index (χ1v) is 10.3. The van der Waals surface area contributed by atoms with Crippen LogP contribution in [0.2, 0.25) is 5.02 Å². The molecule has 1 aliphatic carbocycles. The molecule has 0 bridgehead atoms. The molecule has 0 unspecified atom stereocenters. The van der Waals surface area contributed by atoms with Crippen molar-refractivity contribution < 1.29 is 8.42 Å². The number of rotatable bonds is 4. The number of nitrogens with zero attached hydrogens (tertiary/aromatic N) is 2. The van der Waals surface area contributed by atoms with Gasteiger partial charge in [-0.2, -0.15) is 0 Å². The van der Waals surface area contributed by atoms with Crippen molar-refractivity contribution >= 4 is 21.4 Å². The normalized spacial score (nSPS) is 21.6. The molecule has 0 amide bonds. The Morgan fingerprint density at radius 1 is 1.04 bits per heavy atom. The maximum atomic E-state index is 12.6. The minimum atomic E-state index is -3.24. The van der Waals surface area contributed by atoms with E-state index in [-0.39, 0.29) is 11.7 Å². The molecule has 24 heavy (non-hydrogen) atoms. The molecule has 0 aliphatic heterocycles. The van der Waals surface area contributed by atoms with Gasteiger partial charge in [-0.15, -0.1) is 0 Å². The molecule has 1 saturated carbocycles.